The summed E-state index contributed by atoms with van der Waals surface area (Å²) in [5.41, 5.74) is -4.63. The van der Waals surface area contributed by atoms with E-state index in [1.807, 2.05) is 16.0 Å². The van der Waals surface area contributed by atoms with E-state index < -0.39 is 342 Å². The third-order valence-electron chi connectivity index (χ3n) is 18.1. The van der Waals surface area contributed by atoms with Crippen LogP contribution < -0.4 is 21.3 Å². The van der Waals surface area contributed by atoms with Gasteiger partial charge in [-0.05, 0) is 6.42 Å². The summed E-state index contributed by atoms with van der Waals surface area (Å²) in [5, 5.41) is 303. The van der Waals surface area contributed by atoms with Gasteiger partial charge in [-0.25, -0.2) is 0 Å². The summed E-state index contributed by atoms with van der Waals surface area (Å²) in [5.74, 6) is -13.1. The zero-order valence-electron chi connectivity index (χ0n) is 56.3. The fraction of sp³-hybridized carbons (Fsp3) is 0.860. The number of hydrogen-bond donors (Lipinski definition) is 32. The van der Waals surface area contributed by atoms with E-state index in [0.29, 0.717) is 0 Å². The van der Waals surface area contributed by atoms with Crippen molar-refractivity contribution >= 4 is 47.5 Å². The maximum Gasteiger partial charge on any atom is 0.317 e. The fourth-order valence-corrected chi connectivity index (χ4v) is 12.0. The van der Waals surface area contributed by atoms with Crippen LogP contribution in [0.2, 0.25) is 0 Å². The molecular weight excluding hydrogens is 1450 g/mol. The van der Waals surface area contributed by atoms with Crippen molar-refractivity contribution in [2.75, 3.05) is 118 Å². The molecule has 0 aromatic carbocycles. The molecule has 4 amide bonds. The topological polar surface area (TPSA) is 816 Å². The number of hydrogen-bond acceptors (Lipinski definition) is 41. The van der Waals surface area contributed by atoms with Gasteiger partial charge in [-0.1, -0.05) is 0 Å². The van der Waals surface area contributed by atoms with Crippen molar-refractivity contribution < 1.29 is 210 Å². The molecule has 0 spiro atoms. The van der Waals surface area contributed by atoms with E-state index in [1.54, 1.807) is 0 Å². The second-order valence-electron chi connectivity index (χ2n) is 26.0. The number of carboxylic acid groups (broad SMARTS) is 4. The largest absolute Gasteiger partial charge is 0.480 e. The van der Waals surface area contributed by atoms with Crippen LogP contribution in [0.1, 0.15) is 12.8 Å². The molecule has 106 heavy (non-hydrogen) atoms. The number of aliphatic hydroxyl groups is 24. The summed E-state index contributed by atoms with van der Waals surface area (Å²) in [4.78, 5) is 110. The van der Waals surface area contributed by atoms with Crippen LogP contribution in [0.5, 0.6) is 0 Å². The van der Waals surface area contributed by atoms with Crippen molar-refractivity contribution in [2.24, 2.45) is 5.41 Å². The zero-order valence-corrected chi connectivity index (χ0v) is 56.3. The van der Waals surface area contributed by atoms with Crippen LogP contribution in [0.15, 0.2) is 0 Å². The molecule has 4 aliphatic rings. The molecule has 4 heterocycles. The Bertz CT molecular complexity index is 2550. The van der Waals surface area contributed by atoms with Crippen molar-refractivity contribution in [2.45, 2.75) is 184 Å². The molecule has 0 aliphatic carbocycles. The van der Waals surface area contributed by atoms with E-state index >= 15 is 0 Å². The molecule has 0 aromatic heterocycles. The smallest absolute Gasteiger partial charge is 0.317 e. The van der Waals surface area contributed by atoms with Gasteiger partial charge in [0.25, 0.3) is 17.7 Å². The van der Waals surface area contributed by atoms with Crippen LogP contribution in [0, 0.1) is 5.41 Å². The Morgan fingerprint density at radius 1 is 0.425 bits per heavy atom. The maximum atomic E-state index is 14.6. The van der Waals surface area contributed by atoms with Gasteiger partial charge in [0.05, 0.1) is 65.8 Å². The highest BCUT2D eigenvalue weighted by Crippen LogP contribution is 2.32. The third-order valence-corrected chi connectivity index (χ3v) is 18.1. The van der Waals surface area contributed by atoms with Crippen molar-refractivity contribution in [1.82, 2.24) is 36.0 Å². The maximum absolute atomic E-state index is 14.6. The lowest BCUT2D eigenvalue weighted by molar-refractivity contribution is -0.326. The first-order valence-electron chi connectivity index (χ1n) is 32.6. The van der Waals surface area contributed by atoms with Crippen LogP contribution in [-0.4, -0.2) is 494 Å². The van der Waals surface area contributed by atoms with E-state index in [4.69, 9.17) is 28.4 Å². The summed E-state index contributed by atoms with van der Waals surface area (Å²) in [6, 6.07) is 0. The Morgan fingerprint density at radius 3 is 0.962 bits per heavy atom. The Morgan fingerprint density at radius 2 is 0.708 bits per heavy atom. The molecule has 27 unspecified atom stereocenters. The van der Waals surface area contributed by atoms with Crippen LogP contribution >= 0.6 is 0 Å². The monoisotopic (exact) mass is 1550 g/mol. The Balaban J connectivity index is 1.92. The molecule has 49 nitrogen and oxygen atoms in total. The van der Waals surface area contributed by atoms with Crippen molar-refractivity contribution in [3.8, 4) is 0 Å². The molecule has 0 aromatic rings. The van der Waals surface area contributed by atoms with E-state index in [9.17, 15) is 181 Å². The molecule has 614 valence electrons. The van der Waals surface area contributed by atoms with Gasteiger partial charge >= 0.3 is 23.9 Å². The SMILES string of the molecule is O=C(O)CN1CCN(CC(=O)O)CC(CCC(=O)NCC(CNC(=O)C(O)C(O)C(OC2OC(CO)C(O)C(O)C2O)C(O)CO)(CNC(=O)C(O)C(O)C(OC2OC(CO)C(O)C(O)C2O)C(O)CO)CNC(=O)C(O)C(O)C(OC2OC(CO)C(O)C(O)C2O)C(O)CO)(N(CC(=O)O)CC(=O)O)C1. The van der Waals surface area contributed by atoms with Gasteiger partial charge in [-0.2, -0.15) is 0 Å². The fourth-order valence-electron chi connectivity index (χ4n) is 12.0. The molecule has 27 atom stereocenters. The molecule has 4 saturated heterocycles. The molecule has 0 bridgehead atoms. The number of carboxylic acids is 4. The standard InChI is InChI=1S/C57H99N7O42/c65-9-21(71)47(104-53-44(95)35(86)32(83)24(12-68)101-53)38(89)41(92)50(98)59-16-56(17-60-51(99)42(93)39(90)48(22(72)10-66)105-54-45(96)36(87)33(84)25(13-69)102-54,18-61-52(100)43(94)40(91)49(23(73)11-67)106-55-46(97)37(88)34(85)26(14-70)103-55)15-58-27(74)1-2-57(64(7-30(79)80)8-31(81)82)19-62(5-28(75)76)3-4-63(20-57)6-29(77)78/h21-26,32-49,53-55,65-73,83-97H,1-20H2,(H,58,74)(H,59,98)(H,60,99)(H,61,100)(H,75,76)(H,77,78)(H,79,80)(H,81,82). The summed E-state index contributed by atoms with van der Waals surface area (Å²) in [6.45, 7) is -18.3. The Hall–Kier alpha value is -5.56. The quantitative estimate of drug-likeness (QED) is 0.0269. The number of nitrogens with zero attached hydrogens (tertiary/aromatic N) is 3. The first kappa shape index (κ1) is 92.8. The number of carbonyl (C=O) groups is 8. The predicted molar refractivity (Wildman–Crippen MR) is 333 cm³/mol. The van der Waals surface area contributed by atoms with Crippen LogP contribution in [0.3, 0.4) is 0 Å². The van der Waals surface area contributed by atoms with Crippen LogP contribution in [0.4, 0.5) is 0 Å². The third kappa shape index (κ3) is 25.0. The zero-order chi connectivity index (χ0) is 80.2. The van der Waals surface area contributed by atoms with Crippen molar-refractivity contribution in [1.29, 1.82) is 0 Å². The highest BCUT2D eigenvalue weighted by atomic mass is 16.7. The lowest BCUT2D eigenvalue weighted by Gasteiger charge is -2.45. The summed E-state index contributed by atoms with van der Waals surface area (Å²) in [7, 11) is 0. The van der Waals surface area contributed by atoms with Crippen molar-refractivity contribution in [3.63, 3.8) is 0 Å². The summed E-state index contributed by atoms with van der Waals surface area (Å²) in [6.07, 6.45) is -65.5. The number of carbonyl (C=O) groups excluding carboxylic acids is 4. The lowest BCUT2D eigenvalue weighted by atomic mass is 9.85. The summed E-state index contributed by atoms with van der Waals surface area (Å²) >= 11 is 0. The summed E-state index contributed by atoms with van der Waals surface area (Å²) < 4.78 is 31.8. The number of aliphatic carboxylic acids is 4. The average Bonchev–Trinajstić information content (AvgIpc) is 1.29. The average molecular weight is 1550 g/mol. The minimum atomic E-state index is -2.99. The van der Waals surface area contributed by atoms with Crippen molar-refractivity contribution in [3.05, 3.63) is 0 Å². The Labute approximate surface area is 599 Å². The molecule has 0 radical (unpaired) electrons. The number of ether oxygens (including phenoxy) is 6. The van der Waals surface area contributed by atoms with Gasteiger partial charge in [0.1, 0.15) is 128 Å². The second-order valence-corrected chi connectivity index (χ2v) is 26.0. The van der Waals surface area contributed by atoms with Gasteiger partial charge in [0, 0.05) is 69.7 Å². The van der Waals surface area contributed by atoms with Gasteiger partial charge in [0.15, 0.2) is 37.2 Å². The van der Waals surface area contributed by atoms with E-state index in [0.717, 1.165) is 4.90 Å². The number of amides is 4. The van der Waals surface area contributed by atoms with Gasteiger partial charge in [-0.3, -0.25) is 53.1 Å². The highest BCUT2D eigenvalue weighted by Gasteiger charge is 2.53. The van der Waals surface area contributed by atoms with E-state index in [-0.39, 0.29) is 13.1 Å². The predicted octanol–water partition coefficient (Wildman–Crippen LogP) is -21.0. The van der Waals surface area contributed by atoms with Crippen LogP contribution in [-0.2, 0) is 66.8 Å². The molecular formula is C57H99N7O42. The molecule has 0 saturated carbocycles. The number of rotatable bonds is 44. The number of aliphatic hydroxyl groups excluding tert-OH is 24. The van der Waals surface area contributed by atoms with E-state index in [2.05, 4.69) is 5.32 Å². The van der Waals surface area contributed by atoms with Gasteiger partial charge in [0.2, 0.25) is 5.91 Å². The minimum Gasteiger partial charge on any atom is -0.480 e. The van der Waals surface area contributed by atoms with Gasteiger partial charge < -0.3 is 193 Å². The number of nitrogens with one attached hydrogen (secondary N) is 4. The normalized spacial score (nSPS) is 30.8. The lowest BCUT2D eigenvalue weighted by Crippen LogP contribution is -2.63. The second kappa shape index (κ2) is 42.6. The molecule has 32 N–H and O–H groups in total. The first-order chi connectivity index (χ1) is 49.6. The molecule has 4 rings (SSSR count). The highest BCUT2D eigenvalue weighted by molar-refractivity contribution is 5.83. The first-order valence-corrected chi connectivity index (χ1v) is 32.6. The molecule has 49 heteroatoms. The van der Waals surface area contributed by atoms with E-state index in [1.165, 1.54) is 9.80 Å². The van der Waals surface area contributed by atoms with Crippen LogP contribution in [0.25, 0.3) is 0 Å². The molecule has 4 fully saturated rings. The van der Waals surface area contributed by atoms with Gasteiger partial charge in [-0.15, -0.1) is 0 Å². The Kier molecular flexibility index (Phi) is 37.3. The molecule has 4 aliphatic heterocycles. The minimum absolute atomic E-state index is 0.244.